The van der Waals surface area contributed by atoms with Crippen molar-refractivity contribution in [1.82, 2.24) is 9.97 Å². The maximum absolute atomic E-state index is 5.56. The number of methoxy groups -OCH3 is 1. The van der Waals surface area contributed by atoms with Crippen LogP contribution in [0.2, 0.25) is 0 Å². The van der Waals surface area contributed by atoms with E-state index in [4.69, 9.17) is 15.2 Å². The first kappa shape index (κ1) is 11.2. The normalized spacial score (nSPS) is 10.0. The lowest BCUT2D eigenvalue weighted by Crippen LogP contribution is -1.96. The Morgan fingerprint density at radius 3 is 2.71 bits per heavy atom. The van der Waals surface area contributed by atoms with Crippen LogP contribution < -0.4 is 15.2 Å². The molecule has 0 fully saturated rings. The van der Waals surface area contributed by atoms with Crippen LogP contribution in [0.1, 0.15) is 5.56 Å². The zero-order valence-electron chi connectivity index (χ0n) is 9.68. The smallest absolute Gasteiger partial charge is 0.239 e. The SMILES string of the molecule is COc1cc(C)ccc1Oc1cncc(N)n1. The van der Waals surface area contributed by atoms with Crippen LogP contribution in [0.4, 0.5) is 5.82 Å². The van der Waals surface area contributed by atoms with Crippen molar-refractivity contribution in [1.29, 1.82) is 0 Å². The van der Waals surface area contributed by atoms with E-state index >= 15 is 0 Å². The molecule has 88 valence electrons. The molecule has 0 amide bonds. The van der Waals surface area contributed by atoms with Crippen LogP contribution in [0.3, 0.4) is 0 Å². The van der Waals surface area contributed by atoms with Gasteiger partial charge in [0.05, 0.1) is 19.5 Å². The van der Waals surface area contributed by atoms with Crippen molar-refractivity contribution >= 4 is 5.82 Å². The van der Waals surface area contributed by atoms with Gasteiger partial charge in [0.2, 0.25) is 5.88 Å². The molecule has 5 nitrogen and oxygen atoms in total. The van der Waals surface area contributed by atoms with E-state index in [9.17, 15) is 0 Å². The molecule has 0 saturated heterocycles. The minimum atomic E-state index is 0.313. The van der Waals surface area contributed by atoms with Crippen LogP contribution in [0.5, 0.6) is 17.4 Å². The second-order valence-corrected chi connectivity index (χ2v) is 3.54. The lowest BCUT2D eigenvalue weighted by molar-refractivity contribution is 0.373. The van der Waals surface area contributed by atoms with Crippen molar-refractivity contribution in [3.8, 4) is 17.4 Å². The van der Waals surface area contributed by atoms with Gasteiger partial charge in [0.15, 0.2) is 11.5 Å². The van der Waals surface area contributed by atoms with Crippen molar-refractivity contribution in [2.75, 3.05) is 12.8 Å². The molecule has 0 unspecified atom stereocenters. The standard InChI is InChI=1S/C12H13N3O2/c1-8-3-4-9(10(5-8)16-2)17-12-7-14-6-11(13)15-12/h3-7H,1-2H3,(H2,13,15). The van der Waals surface area contributed by atoms with Gasteiger partial charge in [-0.15, -0.1) is 0 Å². The number of aromatic nitrogens is 2. The van der Waals surface area contributed by atoms with Crippen LogP contribution in [-0.2, 0) is 0 Å². The summed E-state index contributed by atoms with van der Waals surface area (Å²) in [6.07, 6.45) is 2.95. The maximum atomic E-state index is 5.56. The van der Waals surface area contributed by atoms with Gasteiger partial charge in [-0.1, -0.05) is 6.07 Å². The first-order chi connectivity index (χ1) is 8.19. The molecule has 2 rings (SSSR count). The third-order valence-electron chi connectivity index (χ3n) is 2.16. The summed E-state index contributed by atoms with van der Waals surface area (Å²) in [5, 5.41) is 0. The number of aryl methyl sites for hydroxylation is 1. The first-order valence-electron chi connectivity index (χ1n) is 5.09. The van der Waals surface area contributed by atoms with E-state index in [1.807, 2.05) is 25.1 Å². The van der Waals surface area contributed by atoms with Crippen LogP contribution in [0.25, 0.3) is 0 Å². The van der Waals surface area contributed by atoms with E-state index in [1.165, 1.54) is 12.4 Å². The Morgan fingerprint density at radius 1 is 1.18 bits per heavy atom. The second-order valence-electron chi connectivity index (χ2n) is 3.54. The minimum Gasteiger partial charge on any atom is -0.493 e. The number of hydrogen-bond donors (Lipinski definition) is 1. The summed E-state index contributed by atoms with van der Waals surface area (Å²) >= 11 is 0. The van der Waals surface area contributed by atoms with Gasteiger partial charge < -0.3 is 15.2 Å². The fourth-order valence-electron chi connectivity index (χ4n) is 1.38. The highest BCUT2D eigenvalue weighted by molar-refractivity contribution is 5.44. The average Bonchev–Trinajstić information content (AvgIpc) is 2.31. The van der Waals surface area contributed by atoms with E-state index in [-0.39, 0.29) is 0 Å². The molecule has 1 aromatic carbocycles. The molecule has 17 heavy (non-hydrogen) atoms. The Kier molecular flexibility index (Phi) is 3.09. The molecular weight excluding hydrogens is 218 g/mol. The van der Waals surface area contributed by atoms with E-state index in [0.29, 0.717) is 23.2 Å². The summed E-state index contributed by atoms with van der Waals surface area (Å²) in [6.45, 7) is 1.98. The molecule has 5 heteroatoms. The molecule has 0 saturated carbocycles. The lowest BCUT2D eigenvalue weighted by atomic mass is 10.2. The minimum absolute atomic E-state index is 0.313. The quantitative estimate of drug-likeness (QED) is 0.876. The Hall–Kier alpha value is -2.30. The lowest BCUT2D eigenvalue weighted by Gasteiger charge is -2.09. The number of benzene rings is 1. The molecule has 0 aliphatic heterocycles. The van der Waals surface area contributed by atoms with Crippen molar-refractivity contribution in [3.05, 3.63) is 36.2 Å². The van der Waals surface area contributed by atoms with Gasteiger partial charge in [0.25, 0.3) is 0 Å². The summed E-state index contributed by atoms with van der Waals surface area (Å²) < 4.78 is 10.8. The highest BCUT2D eigenvalue weighted by Crippen LogP contribution is 2.31. The fourth-order valence-corrected chi connectivity index (χ4v) is 1.38. The van der Waals surface area contributed by atoms with Gasteiger partial charge in [0.1, 0.15) is 5.82 Å². The number of ether oxygens (including phenoxy) is 2. The number of nitrogens with zero attached hydrogens (tertiary/aromatic N) is 2. The van der Waals surface area contributed by atoms with Crippen LogP contribution >= 0.6 is 0 Å². The molecule has 1 heterocycles. The van der Waals surface area contributed by atoms with Crippen molar-refractivity contribution in [2.45, 2.75) is 6.92 Å². The molecule has 0 bridgehead atoms. The van der Waals surface area contributed by atoms with Gasteiger partial charge in [-0.05, 0) is 24.6 Å². The summed E-state index contributed by atoms with van der Waals surface area (Å²) in [4.78, 5) is 7.90. The van der Waals surface area contributed by atoms with Gasteiger partial charge >= 0.3 is 0 Å². The molecule has 0 spiro atoms. The summed E-state index contributed by atoms with van der Waals surface area (Å²) in [5.41, 5.74) is 6.61. The van der Waals surface area contributed by atoms with E-state index < -0.39 is 0 Å². The first-order valence-corrected chi connectivity index (χ1v) is 5.09. The van der Waals surface area contributed by atoms with Crippen LogP contribution in [0, 0.1) is 6.92 Å². The largest absolute Gasteiger partial charge is 0.493 e. The summed E-state index contributed by atoms with van der Waals surface area (Å²) in [5.74, 6) is 1.88. The molecule has 0 radical (unpaired) electrons. The monoisotopic (exact) mass is 231 g/mol. The summed E-state index contributed by atoms with van der Waals surface area (Å²) in [7, 11) is 1.59. The molecule has 0 aliphatic carbocycles. The number of anilines is 1. The predicted octanol–water partition coefficient (Wildman–Crippen LogP) is 2.17. The highest BCUT2D eigenvalue weighted by Gasteiger charge is 2.06. The average molecular weight is 231 g/mol. The van der Waals surface area contributed by atoms with Crippen LogP contribution in [0.15, 0.2) is 30.6 Å². The van der Waals surface area contributed by atoms with Crippen molar-refractivity contribution in [2.24, 2.45) is 0 Å². The van der Waals surface area contributed by atoms with E-state index in [2.05, 4.69) is 9.97 Å². The molecule has 1 aromatic heterocycles. The van der Waals surface area contributed by atoms with Gasteiger partial charge in [-0.2, -0.15) is 4.98 Å². The third kappa shape index (κ3) is 2.63. The van der Waals surface area contributed by atoms with Gasteiger partial charge in [-0.3, -0.25) is 4.98 Å². The molecular formula is C12H13N3O2. The second kappa shape index (κ2) is 4.69. The Morgan fingerprint density at radius 2 is 2.00 bits per heavy atom. The summed E-state index contributed by atoms with van der Waals surface area (Å²) in [6, 6.07) is 5.63. The maximum Gasteiger partial charge on any atom is 0.239 e. The molecule has 0 atom stereocenters. The number of hydrogen-bond acceptors (Lipinski definition) is 5. The number of nitrogens with two attached hydrogens (primary N) is 1. The van der Waals surface area contributed by atoms with Crippen molar-refractivity contribution < 1.29 is 9.47 Å². The van der Waals surface area contributed by atoms with Crippen molar-refractivity contribution in [3.63, 3.8) is 0 Å². The Bertz CT molecular complexity index is 529. The van der Waals surface area contributed by atoms with Gasteiger partial charge in [0, 0.05) is 0 Å². The zero-order valence-corrected chi connectivity index (χ0v) is 9.68. The highest BCUT2D eigenvalue weighted by atomic mass is 16.5. The number of nitrogen functional groups attached to an aromatic ring is 1. The third-order valence-corrected chi connectivity index (χ3v) is 2.16. The van der Waals surface area contributed by atoms with E-state index in [1.54, 1.807) is 7.11 Å². The number of rotatable bonds is 3. The van der Waals surface area contributed by atoms with Crippen LogP contribution in [-0.4, -0.2) is 17.1 Å². The molecule has 2 aromatic rings. The predicted molar refractivity (Wildman–Crippen MR) is 64.2 cm³/mol. The molecule has 0 aliphatic rings. The Balaban J connectivity index is 2.29. The Labute approximate surface area is 99.2 Å². The zero-order chi connectivity index (χ0) is 12.3. The van der Waals surface area contributed by atoms with E-state index in [0.717, 1.165) is 5.56 Å². The fraction of sp³-hybridized carbons (Fsp3) is 0.167. The van der Waals surface area contributed by atoms with Gasteiger partial charge in [-0.25, -0.2) is 0 Å². The molecule has 2 N–H and O–H groups in total. The topological polar surface area (TPSA) is 70.3 Å².